The highest BCUT2D eigenvalue weighted by Crippen LogP contribution is 2.27. The Hall–Kier alpha value is -3.34. The summed E-state index contributed by atoms with van der Waals surface area (Å²) in [6.45, 7) is 6.43. The lowest BCUT2D eigenvalue weighted by atomic mass is 9.85. The molecule has 11 heteroatoms. The van der Waals surface area contributed by atoms with Gasteiger partial charge in [-0.2, -0.15) is 5.10 Å². The van der Waals surface area contributed by atoms with Gasteiger partial charge >= 0.3 is 0 Å². The summed E-state index contributed by atoms with van der Waals surface area (Å²) in [4.78, 5) is 39.8. The fourth-order valence-corrected chi connectivity index (χ4v) is 4.12. The third-order valence-electron chi connectivity index (χ3n) is 5.91. The number of nitrogens with one attached hydrogen (secondary N) is 2. The summed E-state index contributed by atoms with van der Waals surface area (Å²) in [7, 11) is 0. The van der Waals surface area contributed by atoms with Gasteiger partial charge in [0.25, 0.3) is 5.91 Å². The number of piperazine rings is 1. The lowest BCUT2D eigenvalue weighted by Gasteiger charge is -2.36. The second-order valence-electron chi connectivity index (χ2n) is 9.47. The first kappa shape index (κ1) is 23.8. The van der Waals surface area contributed by atoms with Gasteiger partial charge in [-0.1, -0.05) is 20.8 Å². The molecular formula is C23H27F2N5O4. The van der Waals surface area contributed by atoms with Crippen LogP contribution in [0.3, 0.4) is 0 Å². The Balaban J connectivity index is 1.67. The molecular weight excluding hydrogens is 448 g/mol. The van der Waals surface area contributed by atoms with Crippen molar-refractivity contribution in [2.45, 2.75) is 39.8 Å². The lowest BCUT2D eigenvalue weighted by molar-refractivity contribution is -0.141. The summed E-state index contributed by atoms with van der Waals surface area (Å²) < 4.78 is 35.1. The van der Waals surface area contributed by atoms with Gasteiger partial charge in [0.2, 0.25) is 11.8 Å². The van der Waals surface area contributed by atoms with Crippen molar-refractivity contribution in [2.24, 2.45) is 5.41 Å². The number of hydrogen-bond donors (Lipinski definition) is 2. The van der Waals surface area contributed by atoms with Crippen molar-refractivity contribution >= 4 is 17.7 Å². The van der Waals surface area contributed by atoms with Gasteiger partial charge in [0.15, 0.2) is 5.69 Å². The number of amides is 3. The first-order valence-corrected chi connectivity index (χ1v) is 11.1. The van der Waals surface area contributed by atoms with Gasteiger partial charge in [0, 0.05) is 31.1 Å². The third kappa shape index (κ3) is 4.65. The van der Waals surface area contributed by atoms with Crippen LogP contribution < -0.4 is 10.6 Å². The van der Waals surface area contributed by atoms with E-state index in [9.17, 15) is 23.2 Å². The van der Waals surface area contributed by atoms with Crippen molar-refractivity contribution in [3.05, 3.63) is 46.8 Å². The molecule has 1 saturated heterocycles. The van der Waals surface area contributed by atoms with E-state index < -0.39 is 29.0 Å². The second kappa shape index (κ2) is 9.13. The molecule has 9 nitrogen and oxygen atoms in total. The number of hydrogen-bond acceptors (Lipinski definition) is 5. The van der Waals surface area contributed by atoms with Gasteiger partial charge < -0.3 is 20.3 Å². The van der Waals surface area contributed by atoms with E-state index in [2.05, 4.69) is 15.7 Å². The fraction of sp³-hybridized carbons (Fsp3) is 0.478. The van der Waals surface area contributed by atoms with Gasteiger partial charge in [-0.3, -0.25) is 14.4 Å². The molecule has 4 rings (SSSR count). The van der Waals surface area contributed by atoms with Gasteiger partial charge in [-0.25, -0.2) is 13.5 Å². The van der Waals surface area contributed by atoms with Crippen LogP contribution in [0.5, 0.6) is 0 Å². The number of ether oxygens (including phenoxy) is 1. The number of halogens is 2. The van der Waals surface area contributed by atoms with E-state index in [1.165, 1.54) is 9.58 Å². The number of carbonyl (C=O) groups is 3. The van der Waals surface area contributed by atoms with Crippen molar-refractivity contribution in [3.63, 3.8) is 0 Å². The largest absolute Gasteiger partial charge is 0.376 e. The topological polar surface area (TPSA) is 106 Å². The number of rotatable bonds is 4. The monoisotopic (exact) mass is 475 g/mol. The molecule has 2 N–H and O–H groups in total. The van der Waals surface area contributed by atoms with Crippen LogP contribution in [0.4, 0.5) is 8.78 Å². The number of aromatic nitrogens is 2. The Kier molecular flexibility index (Phi) is 6.39. The van der Waals surface area contributed by atoms with E-state index in [1.807, 2.05) is 0 Å². The Morgan fingerprint density at radius 1 is 1.26 bits per heavy atom. The minimum atomic E-state index is -0.942. The molecule has 0 unspecified atom stereocenters. The average Bonchev–Trinajstić information content (AvgIpc) is 3.17. The third-order valence-corrected chi connectivity index (χ3v) is 5.91. The molecule has 1 aromatic carbocycles. The number of carbonyl (C=O) groups excluding carboxylic acids is 3. The predicted octanol–water partition coefficient (Wildman–Crippen LogP) is 1.33. The Morgan fingerprint density at radius 3 is 2.74 bits per heavy atom. The van der Waals surface area contributed by atoms with E-state index in [1.54, 1.807) is 20.8 Å². The fourth-order valence-electron chi connectivity index (χ4n) is 4.12. The molecule has 1 atom stereocenters. The van der Waals surface area contributed by atoms with Crippen molar-refractivity contribution in [1.29, 1.82) is 0 Å². The zero-order valence-corrected chi connectivity index (χ0v) is 19.3. The molecule has 2 aliphatic heterocycles. The van der Waals surface area contributed by atoms with Gasteiger partial charge in [-0.15, -0.1) is 0 Å². The maximum absolute atomic E-state index is 14.5. The summed E-state index contributed by atoms with van der Waals surface area (Å²) in [6, 6.07) is 2.08. The molecule has 182 valence electrons. The van der Waals surface area contributed by atoms with Crippen LogP contribution in [-0.4, -0.2) is 64.7 Å². The van der Waals surface area contributed by atoms with Crippen LogP contribution in [0.15, 0.2) is 18.2 Å². The molecule has 0 radical (unpaired) electrons. The van der Waals surface area contributed by atoms with E-state index in [-0.39, 0.29) is 36.3 Å². The van der Waals surface area contributed by atoms with Crippen LogP contribution in [0.25, 0.3) is 5.69 Å². The van der Waals surface area contributed by atoms with Gasteiger partial charge in [-0.05, 0) is 17.5 Å². The van der Waals surface area contributed by atoms with E-state index in [4.69, 9.17) is 4.74 Å². The molecule has 2 aromatic rings. The zero-order chi connectivity index (χ0) is 24.6. The molecule has 3 heterocycles. The molecule has 0 saturated carbocycles. The Labute approximate surface area is 195 Å². The molecule has 0 bridgehead atoms. The molecule has 0 spiro atoms. The molecule has 1 fully saturated rings. The highest BCUT2D eigenvalue weighted by atomic mass is 19.1. The minimum Gasteiger partial charge on any atom is -0.376 e. The zero-order valence-electron chi connectivity index (χ0n) is 19.3. The maximum atomic E-state index is 14.5. The van der Waals surface area contributed by atoms with Gasteiger partial charge in [0.05, 0.1) is 25.5 Å². The van der Waals surface area contributed by atoms with Crippen LogP contribution >= 0.6 is 0 Å². The summed E-state index contributed by atoms with van der Waals surface area (Å²) in [5.74, 6) is -2.59. The van der Waals surface area contributed by atoms with Crippen molar-refractivity contribution in [2.75, 3.05) is 26.2 Å². The first-order valence-electron chi connectivity index (χ1n) is 11.1. The maximum Gasteiger partial charge on any atom is 0.272 e. The normalized spacial score (nSPS) is 17.1. The standard InChI is InChI=1S/C23H27F2N5O4/c1-23(2,3)20(22(33)29-8-7-26-18(31)11-29)27-21(32)19-14-12-34-9-6-16(14)30(28-19)17-10-13(24)4-5-15(17)25/h4-5,10,20H,6-9,11-12H2,1-3H3,(H,26,31)(H,27,32)/t20-/m1/s1. The van der Waals surface area contributed by atoms with Gasteiger partial charge in [0.1, 0.15) is 23.4 Å². The minimum absolute atomic E-state index is 0.0169. The van der Waals surface area contributed by atoms with Crippen LogP contribution in [0, 0.1) is 17.0 Å². The number of fused-ring (bicyclic) bond motifs is 1. The highest BCUT2D eigenvalue weighted by Gasteiger charge is 2.38. The van der Waals surface area contributed by atoms with E-state index in [0.29, 0.717) is 37.4 Å². The summed E-state index contributed by atoms with van der Waals surface area (Å²) in [6.07, 6.45) is 0.357. The van der Waals surface area contributed by atoms with E-state index in [0.717, 1.165) is 18.2 Å². The Morgan fingerprint density at radius 2 is 2.03 bits per heavy atom. The molecule has 0 aliphatic carbocycles. The summed E-state index contributed by atoms with van der Waals surface area (Å²) in [5, 5.41) is 9.74. The van der Waals surface area contributed by atoms with Crippen LogP contribution in [0.2, 0.25) is 0 Å². The SMILES string of the molecule is CC(C)(C)[C@H](NC(=O)c1nn(-c2cc(F)ccc2F)c2c1COCC2)C(=O)N1CCNC(=O)C1. The van der Waals surface area contributed by atoms with Crippen LogP contribution in [0.1, 0.15) is 42.5 Å². The highest BCUT2D eigenvalue weighted by molar-refractivity contribution is 5.98. The second-order valence-corrected chi connectivity index (χ2v) is 9.47. The summed E-state index contributed by atoms with van der Waals surface area (Å²) >= 11 is 0. The van der Waals surface area contributed by atoms with Crippen LogP contribution in [-0.2, 0) is 27.4 Å². The molecule has 3 amide bonds. The molecule has 2 aliphatic rings. The number of nitrogens with zero attached hydrogens (tertiary/aromatic N) is 3. The van der Waals surface area contributed by atoms with Crippen molar-refractivity contribution in [1.82, 2.24) is 25.3 Å². The van der Waals surface area contributed by atoms with Crippen molar-refractivity contribution < 1.29 is 27.9 Å². The molecule has 1 aromatic heterocycles. The quantitative estimate of drug-likeness (QED) is 0.694. The lowest BCUT2D eigenvalue weighted by Crippen LogP contribution is -2.59. The number of benzene rings is 1. The first-order chi connectivity index (χ1) is 16.1. The van der Waals surface area contributed by atoms with E-state index >= 15 is 0 Å². The summed E-state index contributed by atoms with van der Waals surface area (Å²) in [5.41, 5.74) is 0.211. The average molecular weight is 475 g/mol. The van der Waals surface area contributed by atoms with Crippen molar-refractivity contribution in [3.8, 4) is 5.69 Å². The Bertz CT molecular complexity index is 1140. The predicted molar refractivity (Wildman–Crippen MR) is 117 cm³/mol. The smallest absolute Gasteiger partial charge is 0.272 e. The molecule has 34 heavy (non-hydrogen) atoms.